The summed E-state index contributed by atoms with van der Waals surface area (Å²) in [7, 11) is -3.36. The molecule has 4 rings (SSSR count). The number of urea groups is 1. The lowest BCUT2D eigenvalue weighted by atomic mass is 9.97. The number of amides is 2. The van der Waals surface area contributed by atoms with Crippen molar-refractivity contribution in [2.45, 2.75) is 23.9 Å². The maximum absolute atomic E-state index is 12.9. The molecule has 144 valence electrons. The number of benzene rings is 2. The largest absolute Gasteiger partial charge is 0.322 e. The number of anilines is 1. The van der Waals surface area contributed by atoms with Crippen LogP contribution in [0.15, 0.2) is 65.8 Å². The zero-order valence-corrected chi connectivity index (χ0v) is 16.3. The first-order valence-electron chi connectivity index (χ1n) is 9.15. The van der Waals surface area contributed by atoms with Crippen LogP contribution in [0.25, 0.3) is 10.8 Å². The molecule has 0 radical (unpaired) electrons. The highest BCUT2D eigenvalue weighted by Crippen LogP contribution is 2.36. The van der Waals surface area contributed by atoms with Crippen LogP contribution >= 0.6 is 0 Å². The zero-order valence-electron chi connectivity index (χ0n) is 15.5. The SMILES string of the molecule is CS(=O)(=O)c1ccc(NC(=O)N2CCC[C@@H]2c2cccc3ccccc23)cn1. The van der Waals surface area contributed by atoms with E-state index in [1.807, 2.05) is 23.1 Å². The molecule has 2 aromatic carbocycles. The third-order valence-corrected chi connectivity index (χ3v) is 6.06. The molecule has 0 bridgehead atoms. The molecule has 0 spiro atoms. The van der Waals surface area contributed by atoms with Crippen molar-refractivity contribution in [3.8, 4) is 0 Å². The molecule has 3 aromatic rings. The molecule has 6 nitrogen and oxygen atoms in total. The van der Waals surface area contributed by atoms with Crippen molar-refractivity contribution >= 4 is 32.3 Å². The summed E-state index contributed by atoms with van der Waals surface area (Å²) in [6, 6.07) is 17.1. The predicted molar refractivity (Wildman–Crippen MR) is 109 cm³/mol. The summed E-state index contributed by atoms with van der Waals surface area (Å²) in [6.07, 6.45) is 4.32. The number of pyridine rings is 1. The van der Waals surface area contributed by atoms with Crippen molar-refractivity contribution in [2.24, 2.45) is 0 Å². The highest BCUT2D eigenvalue weighted by Gasteiger charge is 2.31. The minimum absolute atomic E-state index is 0.00866. The molecular weight excluding hydrogens is 374 g/mol. The number of carbonyl (C=O) groups is 1. The molecule has 7 heteroatoms. The Hall–Kier alpha value is -2.93. The normalized spacial score (nSPS) is 17.0. The van der Waals surface area contributed by atoms with Gasteiger partial charge >= 0.3 is 6.03 Å². The van der Waals surface area contributed by atoms with E-state index >= 15 is 0 Å². The Labute approximate surface area is 164 Å². The fourth-order valence-electron chi connectivity index (χ4n) is 3.74. The molecule has 0 unspecified atom stereocenters. The maximum atomic E-state index is 12.9. The van der Waals surface area contributed by atoms with Crippen LogP contribution in [0, 0.1) is 0 Å². The van der Waals surface area contributed by atoms with Gasteiger partial charge in [0.05, 0.1) is 17.9 Å². The molecule has 1 fully saturated rings. The van der Waals surface area contributed by atoms with E-state index < -0.39 is 9.84 Å². The third kappa shape index (κ3) is 3.57. The molecule has 1 aromatic heterocycles. The Morgan fingerprint density at radius 1 is 1.11 bits per heavy atom. The number of nitrogens with zero attached hydrogens (tertiary/aromatic N) is 2. The number of hydrogen-bond acceptors (Lipinski definition) is 4. The summed E-state index contributed by atoms with van der Waals surface area (Å²) < 4.78 is 23.0. The molecule has 1 atom stereocenters. The van der Waals surface area contributed by atoms with Crippen LogP contribution in [0.2, 0.25) is 0 Å². The highest BCUT2D eigenvalue weighted by atomic mass is 32.2. The van der Waals surface area contributed by atoms with E-state index in [1.54, 1.807) is 6.07 Å². The van der Waals surface area contributed by atoms with Gasteiger partial charge in [-0.05, 0) is 41.3 Å². The summed E-state index contributed by atoms with van der Waals surface area (Å²) in [5.74, 6) is 0. The van der Waals surface area contributed by atoms with Gasteiger partial charge in [0, 0.05) is 12.8 Å². The summed E-state index contributed by atoms with van der Waals surface area (Å²) in [5.41, 5.74) is 1.62. The first-order valence-corrected chi connectivity index (χ1v) is 11.0. The number of nitrogens with one attached hydrogen (secondary N) is 1. The number of rotatable bonds is 3. The van der Waals surface area contributed by atoms with E-state index in [9.17, 15) is 13.2 Å². The third-order valence-electron chi connectivity index (χ3n) is 5.06. The number of fused-ring (bicyclic) bond motifs is 1. The van der Waals surface area contributed by atoms with Gasteiger partial charge in [0.1, 0.15) is 0 Å². The number of likely N-dealkylation sites (tertiary alicyclic amines) is 1. The van der Waals surface area contributed by atoms with Crippen LogP contribution in [-0.4, -0.2) is 37.1 Å². The lowest BCUT2D eigenvalue weighted by Crippen LogP contribution is -2.34. The van der Waals surface area contributed by atoms with Crippen molar-refractivity contribution < 1.29 is 13.2 Å². The maximum Gasteiger partial charge on any atom is 0.322 e. The molecule has 1 aliphatic heterocycles. The fraction of sp³-hybridized carbons (Fsp3) is 0.238. The van der Waals surface area contributed by atoms with Gasteiger partial charge in [-0.2, -0.15) is 0 Å². The molecule has 0 aliphatic carbocycles. The second-order valence-corrected chi connectivity index (χ2v) is 8.97. The van der Waals surface area contributed by atoms with Crippen LogP contribution in [0.4, 0.5) is 10.5 Å². The van der Waals surface area contributed by atoms with E-state index in [-0.39, 0.29) is 17.1 Å². The van der Waals surface area contributed by atoms with Gasteiger partial charge in [0.2, 0.25) is 0 Å². The van der Waals surface area contributed by atoms with Crippen molar-refractivity contribution in [1.82, 2.24) is 9.88 Å². The Bertz CT molecular complexity index is 1120. The van der Waals surface area contributed by atoms with Crippen molar-refractivity contribution in [2.75, 3.05) is 18.1 Å². The lowest BCUT2D eigenvalue weighted by Gasteiger charge is -2.26. The molecule has 1 aliphatic rings. The first-order chi connectivity index (χ1) is 13.4. The van der Waals surface area contributed by atoms with Gasteiger partial charge < -0.3 is 10.2 Å². The lowest BCUT2D eigenvalue weighted by molar-refractivity contribution is 0.207. The van der Waals surface area contributed by atoms with Crippen LogP contribution in [0.1, 0.15) is 24.4 Å². The van der Waals surface area contributed by atoms with Crippen LogP contribution in [0.3, 0.4) is 0 Å². The average molecular weight is 395 g/mol. The molecule has 0 saturated carbocycles. The van der Waals surface area contributed by atoms with Crippen molar-refractivity contribution in [1.29, 1.82) is 0 Å². The zero-order chi connectivity index (χ0) is 19.7. The summed E-state index contributed by atoms with van der Waals surface area (Å²) in [4.78, 5) is 18.7. The second kappa shape index (κ2) is 7.24. The van der Waals surface area contributed by atoms with E-state index in [4.69, 9.17) is 0 Å². The van der Waals surface area contributed by atoms with E-state index in [0.29, 0.717) is 12.2 Å². The number of carbonyl (C=O) groups excluding carboxylic acids is 1. The van der Waals surface area contributed by atoms with Crippen LogP contribution in [0.5, 0.6) is 0 Å². The highest BCUT2D eigenvalue weighted by molar-refractivity contribution is 7.90. The second-order valence-electron chi connectivity index (χ2n) is 7.01. The minimum Gasteiger partial charge on any atom is -0.317 e. The average Bonchev–Trinajstić information content (AvgIpc) is 3.17. The number of sulfone groups is 1. The molecule has 2 heterocycles. The number of aromatic nitrogens is 1. The quantitative estimate of drug-likeness (QED) is 0.727. The van der Waals surface area contributed by atoms with Gasteiger partial charge in [-0.3, -0.25) is 0 Å². The van der Waals surface area contributed by atoms with Gasteiger partial charge in [-0.1, -0.05) is 42.5 Å². The van der Waals surface area contributed by atoms with Gasteiger partial charge in [-0.15, -0.1) is 0 Å². The topological polar surface area (TPSA) is 79.4 Å². The molecule has 28 heavy (non-hydrogen) atoms. The predicted octanol–water partition coefficient (Wildman–Crippen LogP) is 4.01. The Kier molecular flexibility index (Phi) is 4.77. The number of hydrogen-bond donors (Lipinski definition) is 1. The van der Waals surface area contributed by atoms with Crippen LogP contribution < -0.4 is 5.32 Å². The van der Waals surface area contributed by atoms with Crippen LogP contribution in [-0.2, 0) is 9.84 Å². The van der Waals surface area contributed by atoms with Gasteiger partial charge in [0.15, 0.2) is 14.9 Å². The smallest absolute Gasteiger partial charge is 0.317 e. The Morgan fingerprint density at radius 3 is 2.64 bits per heavy atom. The molecule has 2 amide bonds. The Morgan fingerprint density at radius 2 is 1.89 bits per heavy atom. The molecular formula is C21H21N3O3S. The van der Waals surface area contributed by atoms with E-state index in [1.165, 1.54) is 12.3 Å². The van der Waals surface area contributed by atoms with E-state index in [0.717, 1.165) is 35.4 Å². The monoisotopic (exact) mass is 395 g/mol. The minimum atomic E-state index is -3.36. The van der Waals surface area contributed by atoms with Gasteiger partial charge in [-0.25, -0.2) is 18.2 Å². The summed E-state index contributed by atoms with van der Waals surface area (Å²) >= 11 is 0. The summed E-state index contributed by atoms with van der Waals surface area (Å²) in [5, 5.41) is 5.15. The fourth-order valence-corrected chi connectivity index (χ4v) is 4.30. The van der Waals surface area contributed by atoms with E-state index in [2.05, 4.69) is 34.6 Å². The Balaban J connectivity index is 1.57. The first kappa shape index (κ1) is 18.4. The van der Waals surface area contributed by atoms with Crippen molar-refractivity contribution in [3.05, 3.63) is 66.4 Å². The standard InChI is InChI=1S/C21H21N3O3S/c1-28(26,27)20-12-11-16(14-22-20)23-21(25)24-13-5-10-19(24)18-9-4-7-15-6-2-3-8-17(15)18/h2-4,6-9,11-12,14,19H,5,10,13H2,1H3,(H,23,25)/t19-/m1/s1. The van der Waals surface area contributed by atoms with Crippen molar-refractivity contribution in [3.63, 3.8) is 0 Å². The molecule has 1 saturated heterocycles. The van der Waals surface area contributed by atoms with Gasteiger partial charge in [0.25, 0.3) is 0 Å². The summed E-state index contributed by atoms with van der Waals surface area (Å²) in [6.45, 7) is 0.675. The molecule has 1 N–H and O–H groups in total.